The number of benzene rings is 4. The van der Waals surface area contributed by atoms with E-state index in [1.165, 1.54) is 0 Å². The number of carbonyl (C=O) groups is 1. The molecular formula is C25H20O3. The third kappa shape index (κ3) is 3.74. The molecule has 0 aliphatic rings. The summed E-state index contributed by atoms with van der Waals surface area (Å²) in [6.07, 6.45) is 0.342. The predicted octanol–water partition coefficient (Wildman–Crippen LogP) is 6.61. The van der Waals surface area contributed by atoms with Crippen LogP contribution in [0.15, 0.2) is 91.0 Å². The van der Waals surface area contributed by atoms with Gasteiger partial charge in [0.15, 0.2) is 0 Å². The fourth-order valence-corrected chi connectivity index (χ4v) is 3.10. The van der Waals surface area contributed by atoms with Crippen LogP contribution >= 0.6 is 0 Å². The van der Waals surface area contributed by atoms with Crippen LogP contribution in [0, 0.1) is 0 Å². The highest BCUT2D eigenvalue weighted by atomic mass is 16.5. The minimum Gasteiger partial charge on any atom is -0.456 e. The minimum atomic E-state index is -0.255. The van der Waals surface area contributed by atoms with Gasteiger partial charge >= 0.3 is 5.97 Å². The Labute approximate surface area is 164 Å². The summed E-state index contributed by atoms with van der Waals surface area (Å²) in [5.41, 5.74) is 2.12. The maximum Gasteiger partial charge on any atom is 0.310 e. The van der Waals surface area contributed by atoms with Gasteiger partial charge in [0, 0.05) is 17.4 Å². The van der Waals surface area contributed by atoms with Crippen LogP contribution in [0.4, 0.5) is 0 Å². The molecule has 0 heterocycles. The van der Waals surface area contributed by atoms with Crippen molar-refractivity contribution in [2.45, 2.75) is 13.3 Å². The maximum atomic E-state index is 11.5. The monoisotopic (exact) mass is 368 g/mol. The smallest absolute Gasteiger partial charge is 0.310 e. The van der Waals surface area contributed by atoms with Crippen molar-refractivity contribution in [2.24, 2.45) is 0 Å². The summed E-state index contributed by atoms with van der Waals surface area (Å²) in [4.78, 5) is 11.5. The molecule has 4 aromatic rings. The molecule has 0 atom stereocenters. The molecule has 0 aliphatic heterocycles. The molecule has 0 fully saturated rings. The lowest BCUT2D eigenvalue weighted by Crippen LogP contribution is -2.05. The highest BCUT2D eigenvalue weighted by molar-refractivity contribution is 5.95. The van der Waals surface area contributed by atoms with Crippen molar-refractivity contribution in [2.75, 3.05) is 0 Å². The van der Waals surface area contributed by atoms with Gasteiger partial charge in [0.1, 0.15) is 17.2 Å². The van der Waals surface area contributed by atoms with E-state index >= 15 is 0 Å². The molecule has 0 aromatic heterocycles. The maximum absolute atomic E-state index is 11.5. The molecule has 0 bridgehead atoms. The van der Waals surface area contributed by atoms with E-state index in [2.05, 4.69) is 36.4 Å². The molecule has 4 aromatic carbocycles. The van der Waals surface area contributed by atoms with Crippen LogP contribution in [0.3, 0.4) is 0 Å². The Hall–Kier alpha value is -3.59. The van der Waals surface area contributed by atoms with Gasteiger partial charge in [0.25, 0.3) is 0 Å². The van der Waals surface area contributed by atoms with E-state index in [4.69, 9.17) is 9.47 Å². The SMILES string of the molecule is CCC(=O)Oc1ccc(Oc2c(-c3ccccc3)ccc3ccccc23)cc1. The Bertz CT molecular complexity index is 1100. The van der Waals surface area contributed by atoms with Gasteiger partial charge in [0.2, 0.25) is 0 Å². The first-order valence-corrected chi connectivity index (χ1v) is 9.30. The number of esters is 1. The molecular weight excluding hydrogens is 348 g/mol. The molecule has 0 saturated carbocycles. The molecule has 28 heavy (non-hydrogen) atoms. The lowest BCUT2D eigenvalue weighted by atomic mass is 9.99. The molecule has 138 valence electrons. The predicted molar refractivity (Wildman–Crippen MR) is 112 cm³/mol. The topological polar surface area (TPSA) is 35.5 Å². The van der Waals surface area contributed by atoms with Gasteiger partial charge in [-0.25, -0.2) is 0 Å². The van der Waals surface area contributed by atoms with Crippen molar-refractivity contribution in [3.63, 3.8) is 0 Å². The Balaban J connectivity index is 1.74. The summed E-state index contributed by atoms with van der Waals surface area (Å²) in [5, 5.41) is 2.16. The van der Waals surface area contributed by atoms with Gasteiger partial charge in [0.05, 0.1) is 0 Å². The van der Waals surface area contributed by atoms with Gasteiger partial charge in [-0.05, 0) is 41.3 Å². The number of rotatable bonds is 5. The second-order valence-corrected chi connectivity index (χ2v) is 6.43. The Morgan fingerprint density at radius 3 is 2.18 bits per heavy atom. The molecule has 0 amide bonds. The van der Waals surface area contributed by atoms with E-state index in [0.717, 1.165) is 27.6 Å². The van der Waals surface area contributed by atoms with Gasteiger partial charge in [-0.3, -0.25) is 4.79 Å². The standard InChI is InChI=1S/C25H20O3/c1-2-24(26)27-20-13-15-21(16-14-20)28-25-22-11-7-6-10-19(22)12-17-23(25)18-8-4-3-5-9-18/h3-17H,2H2,1H3. The number of ether oxygens (including phenoxy) is 2. The van der Waals surface area contributed by atoms with E-state index in [-0.39, 0.29) is 5.97 Å². The van der Waals surface area contributed by atoms with Crippen molar-refractivity contribution in [1.29, 1.82) is 0 Å². The van der Waals surface area contributed by atoms with Crippen LogP contribution in [0.25, 0.3) is 21.9 Å². The summed E-state index contributed by atoms with van der Waals surface area (Å²) in [6, 6.07) is 29.7. The number of fused-ring (bicyclic) bond motifs is 1. The zero-order valence-electron chi connectivity index (χ0n) is 15.6. The second-order valence-electron chi connectivity index (χ2n) is 6.43. The van der Waals surface area contributed by atoms with Crippen LogP contribution in [0.1, 0.15) is 13.3 Å². The third-order valence-electron chi connectivity index (χ3n) is 4.53. The zero-order valence-corrected chi connectivity index (χ0v) is 15.6. The summed E-state index contributed by atoms with van der Waals surface area (Å²) < 4.78 is 11.6. The van der Waals surface area contributed by atoms with E-state index in [1.54, 1.807) is 19.1 Å². The Morgan fingerprint density at radius 1 is 0.750 bits per heavy atom. The van der Waals surface area contributed by atoms with Crippen LogP contribution in [0.2, 0.25) is 0 Å². The molecule has 3 heteroatoms. The largest absolute Gasteiger partial charge is 0.456 e. The van der Waals surface area contributed by atoms with Crippen molar-refractivity contribution in [1.82, 2.24) is 0 Å². The third-order valence-corrected chi connectivity index (χ3v) is 4.53. The fourth-order valence-electron chi connectivity index (χ4n) is 3.10. The molecule has 3 nitrogen and oxygen atoms in total. The number of hydrogen-bond donors (Lipinski definition) is 0. The second kappa shape index (κ2) is 7.97. The van der Waals surface area contributed by atoms with E-state index in [9.17, 15) is 4.79 Å². The molecule has 0 aliphatic carbocycles. The Morgan fingerprint density at radius 2 is 1.43 bits per heavy atom. The molecule has 0 N–H and O–H groups in total. The van der Waals surface area contributed by atoms with Crippen molar-refractivity contribution < 1.29 is 14.3 Å². The Kier molecular flexibility index (Phi) is 5.07. The van der Waals surface area contributed by atoms with Crippen LogP contribution in [-0.4, -0.2) is 5.97 Å². The summed E-state index contributed by atoms with van der Waals surface area (Å²) >= 11 is 0. The van der Waals surface area contributed by atoms with Crippen molar-refractivity contribution in [3.05, 3.63) is 91.0 Å². The summed E-state index contributed by atoms with van der Waals surface area (Å²) in [6.45, 7) is 1.77. The summed E-state index contributed by atoms with van der Waals surface area (Å²) in [5.74, 6) is 1.75. The average Bonchev–Trinajstić information content (AvgIpc) is 2.76. The molecule has 0 radical (unpaired) electrons. The van der Waals surface area contributed by atoms with Crippen molar-refractivity contribution in [3.8, 4) is 28.4 Å². The lowest BCUT2D eigenvalue weighted by Gasteiger charge is -2.15. The van der Waals surface area contributed by atoms with Crippen molar-refractivity contribution >= 4 is 16.7 Å². The van der Waals surface area contributed by atoms with Gasteiger partial charge in [-0.2, -0.15) is 0 Å². The molecule has 0 spiro atoms. The van der Waals surface area contributed by atoms with E-state index in [0.29, 0.717) is 17.9 Å². The summed E-state index contributed by atoms with van der Waals surface area (Å²) in [7, 11) is 0. The fraction of sp³-hybridized carbons (Fsp3) is 0.0800. The van der Waals surface area contributed by atoms with Crippen LogP contribution in [0.5, 0.6) is 17.2 Å². The normalized spacial score (nSPS) is 10.6. The molecule has 0 unspecified atom stereocenters. The van der Waals surface area contributed by atoms with Gasteiger partial charge in [-0.1, -0.05) is 67.6 Å². The van der Waals surface area contributed by atoms with Gasteiger partial charge in [-0.15, -0.1) is 0 Å². The van der Waals surface area contributed by atoms with Crippen LogP contribution < -0.4 is 9.47 Å². The lowest BCUT2D eigenvalue weighted by molar-refractivity contribution is -0.134. The molecule has 0 saturated heterocycles. The van der Waals surface area contributed by atoms with E-state index < -0.39 is 0 Å². The quantitative estimate of drug-likeness (QED) is 0.293. The highest BCUT2D eigenvalue weighted by Crippen LogP contribution is 2.39. The zero-order chi connectivity index (χ0) is 19.3. The first kappa shape index (κ1) is 17.8. The van der Waals surface area contributed by atoms with E-state index in [1.807, 2.05) is 42.5 Å². The first-order valence-electron chi connectivity index (χ1n) is 9.30. The highest BCUT2D eigenvalue weighted by Gasteiger charge is 2.12. The first-order chi connectivity index (χ1) is 13.7. The average molecular weight is 368 g/mol. The number of carbonyl (C=O) groups excluding carboxylic acids is 1. The number of hydrogen-bond acceptors (Lipinski definition) is 3. The molecule has 4 rings (SSSR count). The van der Waals surface area contributed by atoms with Crippen LogP contribution in [-0.2, 0) is 4.79 Å². The minimum absolute atomic E-state index is 0.255. The van der Waals surface area contributed by atoms with Gasteiger partial charge < -0.3 is 9.47 Å².